The van der Waals surface area contributed by atoms with E-state index < -0.39 is 5.41 Å². The lowest BCUT2D eigenvalue weighted by Gasteiger charge is -2.42. The van der Waals surface area contributed by atoms with Crippen LogP contribution in [-0.4, -0.2) is 58.9 Å². The van der Waals surface area contributed by atoms with Crippen molar-refractivity contribution in [1.82, 2.24) is 19.9 Å². The van der Waals surface area contributed by atoms with Crippen molar-refractivity contribution >= 4 is 11.8 Å². The van der Waals surface area contributed by atoms with Crippen molar-refractivity contribution in [2.24, 2.45) is 0 Å². The minimum atomic E-state index is -0.865. The van der Waals surface area contributed by atoms with Gasteiger partial charge in [-0.05, 0) is 57.0 Å². The summed E-state index contributed by atoms with van der Waals surface area (Å²) in [4.78, 5) is 34.7. The number of rotatable bonds is 6. The quantitative estimate of drug-likeness (QED) is 0.557. The summed E-state index contributed by atoms with van der Waals surface area (Å²) < 4.78 is 11.1. The Kier molecular flexibility index (Phi) is 6.68. The molecule has 8 nitrogen and oxygen atoms in total. The van der Waals surface area contributed by atoms with Crippen LogP contribution >= 0.6 is 0 Å². The average Bonchev–Trinajstić information content (AvgIpc) is 3.19. The van der Waals surface area contributed by atoms with E-state index in [0.29, 0.717) is 43.0 Å². The van der Waals surface area contributed by atoms with Crippen LogP contribution in [0.5, 0.6) is 5.75 Å². The number of likely N-dealkylation sites (N-methyl/N-ethyl adjacent to an activating group) is 1. The van der Waals surface area contributed by atoms with Crippen molar-refractivity contribution in [3.8, 4) is 5.75 Å². The number of carbonyl (C=O) groups is 2. The molecule has 2 aromatic heterocycles. The molecule has 4 rings (SSSR count). The smallest absolute Gasteiger partial charge is 0.254 e. The molecule has 0 spiro atoms. The van der Waals surface area contributed by atoms with Gasteiger partial charge in [0.1, 0.15) is 23.5 Å². The fourth-order valence-electron chi connectivity index (χ4n) is 4.56. The van der Waals surface area contributed by atoms with Gasteiger partial charge >= 0.3 is 0 Å². The van der Waals surface area contributed by atoms with Crippen LogP contribution in [-0.2, 0) is 16.8 Å². The summed E-state index contributed by atoms with van der Waals surface area (Å²) >= 11 is 0. The minimum Gasteiger partial charge on any atom is -0.489 e. The molecule has 2 amide bonds. The molecule has 0 saturated carbocycles. The molecule has 34 heavy (non-hydrogen) atoms. The normalized spacial score (nSPS) is 17.9. The van der Waals surface area contributed by atoms with Gasteiger partial charge in [0.15, 0.2) is 0 Å². The van der Waals surface area contributed by atoms with Crippen LogP contribution in [0.3, 0.4) is 0 Å². The second-order valence-corrected chi connectivity index (χ2v) is 8.95. The third kappa shape index (κ3) is 4.53. The second kappa shape index (κ2) is 9.67. The number of hydrogen-bond donors (Lipinski definition) is 0. The molecule has 0 aliphatic carbocycles. The molecule has 0 radical (unpaired) electrons. The van der Waals surface area contributed by atoms with Crippen molar-refractivity contribution in [2.45, 2.75) is 38.7 Å². The first kappa shape index (κ1) is 23.5. The number of pyridine rings is 1. The highest BCUT2D eigenvalue weighted by Gasteiger charge is 2.46. The molecule has 0 unspecified atom stereocenters. The molecule has 0 N–H and O–H groups in total. The predicted octanol–water partition coefficient (Wildman–Crippen LogP) is 3.53. The van der Waals surface area contributed by atoms with Crippen molar-refractivity contribution in [3.05, 3.63) is 76.9 Å². The number of likely N-dealkylation sites (tertiary alicyclic amines) is 1. The average molecular weight is 463 g/mol. The second-order valence-electron chi connectivity index (χ2n) is 8.95. The van der Waals surface area contributed by atoms with E-state index in [1.807, 2.05) is 38.1 Å². The summed E-state index contributed by atoms with van der Waals surface area (Å²) in [6.45, 7) is 4.89. The van der Waals surface area contributed by atoms with E-state index in [2.05, 4.69) is 10.1 Å². The van der Waals surface area contributed by atoms with E-state index in [9.17, 15) is 9.59 Å². The van der Waals surface area contributed by atoms with Gasteiger partial charge in [-0.1, -0.05) is 17.3 Å². The van der Waals surface area contributed by atoms with Gasteiger partial charge in [-0.15, -0.1) is 0 Å². The summed E-state index contributed by atoms with van der Waals surface area (Å²) in [5.41, 5.74) is 2.04. The van der Waals surface area contributed by atoms with Crippen LogP contribution in [0.15, 0.2) is 53.2 Å². The Balaban J connectivity index is 1.56. The number of benzene rings is 1. The molecule has 0 bridgehead atoms. The van der Waals surface area contributed by atoms with Gasteiger partial charge in [0, 0.05) is 38.9 Å². The van der Waals surface area contributed by atoms with E-state index in [1.54, 1.807) is 48.3 Å². The molecule has 3 aromatic rings. The van der Waals surface area contributed by atoms with Crippen LogP contribution in [0.2, 0.25) is 0 Å². The number of amides is 2. The Morgan fingerprint density at radius 2 is 2.00 bits per heavy atom. The maximum atomic E-state index is 13.5. The molecule has 1 fully saturated rings. The van der Waals surface area contributed by atoms with Crippen LogP contribution < -0.4 is 4.74 Å². The number of aryl methyl sites for hydroxylation is 2. The van der Waals surface area contributed by atoms with Crippen LogP contribution in [0.25, 0.3) is 0 Å². The van der Waals surface area contributed by atoms with E-state index >= 15 is 0 Å². The monoisotopic (exact) mass is 462 g/mol. The van der Waals surface area contributed by atoms with E-state index in [-0.39, 0.29) is 18.4 Å². The molecular weight excluding hydrogens is 432 g/mol. The number of carbonyl (C=O) groups excluding carboxylic acids is 2. The summed E-state index contributed by atoms with van der Waals surface area (Å²) in [5, 5.41) is 3.95. The first-order chi connectivity index (χ1) is 16.3. The zero-order chi connectivity index (χ0) is 24.3. The van der Waals surface area contributed by atoms with Crippen molar-refractivity contribution in [2.75, 3.05) is 27.2 Å². The Morgan fingerprint density at radius 3 is 2.68 bits per heavy atom. The third-order valence-electron chi connectivity index (χ3n) is 6.40. The SMILES string of the molecule is Cc1noc(C)c1COc1cccc(C(=O)N2CCC[C@](C(=O)N(C)C)(c3ccccn3)C2)c1. The van der Waals surface area contributed by atoms with Crippen LogP contribution in [0.4, 0.5) is 0 Å². The third-order valence-corrected chi connectivity index (χ3v) is 6.40. The molecule has 3 heterocycles. The molecular formula is C26H30N4O4. The highest BCUT2D eigenvalue weighted by Crippen LogP contribution is 2.35. The minimum absolute atomic E-state index is 0.0414. The Labute approximate surface area is 199 Å². The van der Waals surface area contributed by atoms with E-state index in [1.165, 1.54) is 0 Å². The number of hydrogen-bond acceptors (Lipinski definition) is 6. The molecule has 178 valence electrons. The van der Waals surface area contributed by atoms with Gasteiger partial charge in [-0.3, -0.25) is 14.6 Å². The topological polar surface area (TPSA) is 88.8 Å². The zero-order valence-corrected chi connectivity index (χ0v) is 20.1. The van der Waals surface area contributed by atoms with Gasteiger partial charge in [0.2, 0.25) is 5.91 Å². The van der Waals surface area contributed by atoms with Gasteiger partial charge in [-0.25, -0.2) is 0 Å². The maximum Gasteiger partial charge on any atom is 0.254 e. The highest BCUT2D eigenvalue weighted by atomic mass is 16.5. The van der Waals surface area contributed by atoms with Gasteiger partial charge < -0.3 is 19.1 Å². The maximum absolute atomic E-state index is 13.5. The number of piperidine rings is 1. The van der Waals surface area contributed by atoms with Gasteiger partial charge in [0.05, 0.1) is 17.0 Å². The summed E-state index contributed by atoms with van der Waals surface area (Å²) in [5.74, 6) is 1.13. The van der Waals surface area contributed by atoms with Crippen molar-refractivity contribution in [1.29, 1.82) is 0 Å². The van der Waals surface area contributed by atoms with Crippen molar-refractivity contribution in [3.63, 3.8) is 0 Å². The lowest BCUT2D eigenvalue weighted by Crippen LogP contribution is -2.56. The largest absolute Gasteiger partial charge is 0.489 e. The van der Waals surface area contributed by atoms with Crippen LogP contribution in [0, 0.1) is 13.8 Å². The number of ether oxygens (including phenoxy) is 1. The summed E-state index contributed by atoms with van der Waals surface area (Å²) in [6, 6.07) is 12.7. The molecule has 1 atom stereocenters. The van der Waals surface area contributed by atoms with Gasteiger partial charge in [-0.2, -0.15) is 0 Å². The zero-order valence-electron chi connectivity index (χ0n) is 20.1. The Hall–Kier alpha value is -3.68. The Bertz CT molecular complexity index is 1160. The lowest BCUT2D eigenvalue weighted by molar-refractivity contribution is -0.136. The lowest BCUT2D eigenvalue weighted by atomic mass is 9.75. The van der Waals surface area contributed by atoms with E-state index in [0.717, 1.165) is 17.0 Å². The molecule has 8 heteroatoms. The standard InChI is InChI=1S/C26H30N4O4/c1-18-22(19(2)34-28-18)16-33-21-10-7-9-20(15-21)24(31)30-14-8-12-26(17-30,25(32)29(3)4)23-11-5-6-13-27-23/h5-7,9-11,13,15H,8,12,14,16-17H2,1-4H3/t26-/m1/s1. The van der Waals surface area contributed by atoms with Gasteiger partial charge in [0.25, 0.3) is 5.91 Å². The number of nitrogens with zero attached hydrogens (tertiary/aromatic N) is 4. The summed E-state index contributed by atoms with van der Waals surface area (Å²) in [6.07, 6.45) is 3.05. The predicted molar refractivity (Wildman–Crippen MR) is 126 cm³/mol. The first-order valence-corrected chi connectivity index (χ1v) is 11.4. The van der Waals surface area contributed by atoms with E-state index in [4.69, 9.17) is 9.26 Å². The number of aromatic nitrogens is 2. The highest BCUT2D eigenvalue weighted by molar-refractivity contribution is 5.96. The molecule has 1 saturated heterocycles. The fourth-order valence-corrected chi connectivity index (χ4v) is 4.56. The molecule has 1 aromatic carbocycles. The first-order valence-electron chi connectivity index (χ1n) is 11.4. The fraction of sp³-hybridized carbons (Fsp3) is 0.385. The van der Waals surface area contributed by atoms with Crippen molar-refractivity contribution < 1.29 is 18.8 Å². The van der Waals surface area contributed by atoms with Crippen LogP contribution in [0.1, 0.15) is 45.9 Å². The Morgan fingerprint density at radius 1 is 1.18 bits per heavy atom. The molecule has 1 aliphatic heterocycles. The molecule has 1 aliphatic rings. The summed E-state index contributed by atoms with van der Waals surface area (Å²) in [7, 11) is 3.49.